The SMILES string of the molecule is COc1cc(CNCCNCCO)cc(Br)c1OCc1c(F)cccc1Cl. The number of rotatable bonds is 11. The Bertz CT molecular complexity index is 729. The van der Waals surface area contributed by atoms with Crippen molar-refractivity contribution in [3.8, 4) is 11.5 Å². The van der Waals surface area contributed by atoms with Crippen LogP contribution in [0.3, 0.4) is 0 Å². The summed E-state index contributed by atoms with van der Waals surface area (Å²) in [5, 5.41) is 15.4. The summed E-state index contributed by atoms with van der Waals surface area (Å²) in [6.07, 6.45) is 0. The highest BCUT2D eigenvalue weighted by molar-refractivity contribution is 9.10. The molecule has 0 saturated heterocycles. The Hall–Kier alpha value is -1.38. The molecular formula is C19H23BrClFN2O3. The summed E-state index contributed by atoms with van der Waals surface area (Å²) >= 11 is 9.54. The molecular weight excluding hydrogens is 439 g/mol. The van der Waals surface area contributed by atoms with Gasteiger partial charge < -0.3 is 25.2 Å². The van der Waals surface area contributed by atoms with Gasteiger partial charge in [-0.25, -0.2) is 4.39 Å². The standard InChI is InChI=1S/C19H23BrClFN2O3/c1-26-18-10-13(11-24-6-5-23-7-8-25)9-15(20)19(18)27-12-14-16(21)3-2-4-17(14)22/h2-4,9-10,23-25H,5-8,11-12H2,1H3. The molecule has 0 saturated carbocycles. The fourth-order valence-corrected chi connectivity index (χ4v) is 3.26. The first-order valence-corrected chi connectivity index (χ1v) is 9.68. The van der Waals surface area contributed by atoms with Gasteiger partial charge in [0, 0.05) is 31.7 Å². The van der Waals surface area contributed by atoms with E-state index in [1.165, 1.54) is 6.07 Å². The van der Waals surface area contributed by atoms with E-state index in [4.69, 9.17) is 26.2 Å². The molecule has 5 nitrogen and oxygen atoms in total. The van der Waals surface area contributed by atoms with E-state index in [1.54, 1.807) is 19.2 Å². The van der Waals surface area contributed by atoms with Crippen molar-refractivity contribution in [3.63, 3.8) is 0 Å². The summed E-state index contributed by atoms with van der Waals surface area (Å²) in [6.45, 7) is 2.89. The van der Waals surface area contributed by atoms with Crippen molar-refractivity contribution in [1.82, 2.24) is 10.6 Å². The second-order valence-corrected chi connectivity index (χ2v) is 7.01. The normalized spacial score (nSPS) is 10.9. The summed E-state index contributed by atoms with van der Waals surface area (Å²) in [5.41, 5.74) is 1.31. The Kier molecular flexibility index (Phi) is 9.30. The van der Waals surface area contributed by atoms with Gasteiger partial charge in [0.2, 0.25) is 0 Å². The van der Waals surface area contributed by atoms with Gasteiger partial charge in [0.25, 0.3) is 0 Å². The van der Waals surface area contributed by atoms with Crippen molar-refractivity contribution in [1.29, 1.82) is 0 Å². The molecule has 2 aromatic carbocycles. The van der Waals surface area contributed by atoms with Gasteiger partial charge in [0.1, 0.15) is 12.4 Å². The first-order chi connectivity index (χ1) is 13.1. The molecule has 0 aromatic heterocycles. The molecule has 0 amide bonds. The van der Waals surface area contributed by atoms with E-state index >= 15 is 0 Å². The first kappa shape index (κ1) is 21.9. The number of nitrogens with one attached hydrogen (secondary N) is 2. The first-order valence-electron chi connectivity index (χ1n) is 8.51. The zero-order valence-electron chi connectivity index (χ0n) is 15.0. The molecule has 27 heavy (non-hydrogen) atoms. The van der Waals surface area contributed by atoms with Crippen LogP contribution in [-0.4, -0.2) is 38.5 Å². The smallest absolute Gasteiger partial charge is 0.175 e. The highest BCUT2D eigenvalue weighted by Gasteiger charge is 2.14. The lowest BCUT2D eigenvalue weighted by molar-refractivity contribution is 0.277. The molecule has 3 N–H and O–H groups in total. The van der Waals surface area contributed by atoms with E-state index in [9.17, 15) is 4.39 Å². The molecule has 0 unspecified atom stereocenters. The Morgan fingerprint density at radius 3 is 2.67 bits per heavy atom. The minimum Gasteiger partial charge on any atom is -0.493 e. The summed E-state index contributed by atoms with van der Waals surface area (Å²) in [5.74, 6) is 0.630. The average Bonchev–Trinajstić information content (AvgIpc) is 2.65. The van der Waals surface area contributed by atoms with E-state index in [0.29, 0.717) is 39.6 Å². The summed E-state index contributed by atoms with van der Waals surface area (Å²) < 4.78 is 25.8. The van der Waals surface area contributed by atoms with Crippen LogP contribution in [0.2, 0.25) is 5.02 Å². The van der Waals surface area contributed by atoms with Gasteiger partial charge >= 0.3 is 0 Å². The maximum atomic E-state index is 13.9. The lowest BCUT2D eigenvalue weighted by atomic mass is 10.2. The van der Waals surface area contributed by atoms with Gasteiger partial charge in [-0.05, 0) is 45.8 Å². The summed E-state index contributed by atoms with van der Waals surface area (Å²) in [7, 11) is 1.56. The largest absolute Gasteiger partial charge is 0.493 e. The minimum atomic E-state index is -0.409. The molecule has 0 heterocycles. The van der Waals surface area contributed by atoms with Crippen LogP contribution in [0.1, 0.15) is 11.1 Å². The van der Waals surface area contributed by atoms with Gasteiger partial charge in [-0.1, -0.05) is 17.7 Å². The van der Waals surface area contributed by atoms with Crippen molar-refractivity contribution in [2.24, 2.45) is 0 Å². The number of halogens is 3. The fourth-order valence-electron chi connectivity index (χ4n) is 2.44. The van der Waals surface area contributed by atoms with Crippen LogP contribution < -0.4 is 20.1 Å². The molecule has 0 aliphatic heterocycles. The molecule has 0 fully saturated rings. The molecule has 0 bridgehead atoms. The van der Waals surface area contributed by atoms with Crippen LogP contribution in [0.25, 0.3) is 0 Å². The monoisotopic (exact) mass is 460 g/mol. The van der Waals surface area contributed by atoms with Crippen LogP contribution in [0.4, 0.5) is 4.39 Å². The Balaban J connectivity index is 2.01. The Morgan fingerprint density at radius 2 is 1.96 bits per heavy atom. The zero-order valence-corrected chi connectivity index (χ0v) is 17.4. The predicted octanol–water partition coefficient (Wildman–Crippen LogP) is 3.50. The minimum absolute atomic E-state index is 0.00537. The number of aliphatic hydroxyl groups excluding tert-OH is 1. The second kappa shape index (κ2) is 11.5. The lowest BCUT2D eigenvalue weighted by Gasteiger charge is -2.15. The quantitative estimate of drug-likeness (QED) is 0.447. The van der Waals surface area contributed by atoms with Gasteiger partial charge in [-0.3, -0.25) is 0 Å². The Morgan fingerprint density at radius 1 is 1.19 bits per heavy atom. The van der Waals surface area contributed by atoms with Crippen molar-refractivity contribution in [2.45, 2.75) is 13.2 Å². The van der Waals surface area contributed by atoms with Crippen LogP contribution >= 0.6 is 27.5 Å². The highest BCUT2D eigenvalue weighted by Crippen LogP contribution is 2.37. The van der Waals surface area contributed by atoms with Gasteiger partial charge in [0.05, 0.1) is 23.2 Å². The lowest BCUT2D eigenvalue weighted by Crippen LogP contribution is -2.28. The van der Waals surface area contributed by atoms with Crippen LogP contribution in [0.5, 0.6) is 11.5 Å². The van der Waals surface area contributed by atoms with Crippen molar-refractivity contribution in [3.05, 3.63) is 56.8 Å². The number of ether oxygens (including phenoxy) is 2. The van der Waals surface area contributed by atoms with Gasteiger partial charge in [-0.2, -0.15) is 0 Å². The molecule has 8 heteroatoms. The molecule has 0 aliphatic carbocycles. The topological polar surface area (TPSA) is 62.8 Å². The predicted molar refractivity (Wildman–Crippen MR) is 108 cm³/mol. The van der Waals surface area contributed by atoms with E-state index < -0.39 is 5.82 Å². The van der Waals surface area contributed by atoms with E-state index in [-0.39, 0.29) is 13.2 Å². The van der Waals surface area contributed by atoms with E-state index in [2.05, 4.69) is 26.6 Å². The van der Waals surface area contributed by atoms with Crippen molar-refractivity contribution in [2.75, 3.05) is 33.4 Å². The number of hydrogen-bond donors (Lipinski definition) is 3. The zero-order chi connectivity index (χ0) is 19.6. The Labute approximate surface area is 172 Å². The third-order valence-electron chi connectivity index (χ3n) is 3.81. The summed E-state index contributed by atoms with van der Waals surface area (Å²) in [4.78, 5) is 0. The maximum absolute atomic E-state index is 13.9. The van der Waals surface area contributed by atoms with Crippen LogP contribution in [0.15, 0.2) is 34.8 Å². The van der Waals surface area contributed by atoms with Crippen LogP contribution in [-0.2, 0) is 13.2 Å². The average molecular weight is 462 g/mol. The molecule has 0 radical (unpaired) electrons. The van der Waals surface area contributed by atoms with Crippen LogP contribution in [0, 0.1) is 5.82 Å². The number of hydrogen-bond acceptors (Lipinski definition) is 5. The fraction of sp³-hybridized carbons (Fsp3) is 0.368. The molecule has 0 aliphatic rings. The summed E-state index contributed by atoms with van der Waals surface area (Å²) in [6, 6.07) is 8.33. The number of benzene rings is 2. The third kappa shape index (κ3) is 6.62. The number of methoxy groups -OCH3 is 1. The van der Waals surface area contributed by atoms with Gasteiger partial charge in [-0.15, -0.1) is 0 Å². The molecule has 148 valence electrons. The van der Waals surface area contributed by atoms with E-state index in [0.717, 1.165) is 18.7 Å². The van der Waals surface area contributed by atoms with Gasteiger partial charge in [0.15, 0.2) is 11.5 Å². The van der Waals surface area contributed by atoms with Crippen molar-refractivity contribution >= 4 is 27.5 Å². The maximum Gasteiger partial charge on any atom is 0.175 e. The highest BCUT2D eigenvalue weighted by atomic mass is 79.9. The molecule has 2 rings (SSSR count). The molecule has 2 aromatic rings. The second-order valence-electron chi connectivity index (χ2n) is 5.75. The molecule has 0 spiro atoms. The third-order valence-corrected chi connectivity index (χ3v) is 4.75. The van der Waals surface area contributed by atoms with E-state index in [1.807, 2.05) is 12.1 Å². The number of aliphatic hydroxyl groups is 1. The van der Waals surface area contributed by atoms with Crippen molar-refractivity contribution < 1.29 is 19.0 Å². The molecule has 0 atom stereocenters.